The molecule has 0 bridgehead atoms. The molecule has 0 aromatic rings. The topological polar surface area (TPSA) is 57.5 Å². The summed E-state index contributed by atoms with van der Waals surface area (Å²) in [4.78, 5) is 9.00. The number of allylic oxidation sites excluding steroid dienone is 1. The number of aliphatic hydroxyl groups excluding tert-OH is 1. The van der Waals surface area contributed by atoms with Crippen LogP contribution in [0.25, 0.3) is 0 Å². The van der Waals surface area contributed by atoms with Crippen LogP contribution in [0.1, 0.15) is 13.8 Å². The number of aliphatic hydroxyl groups is 1. The zero-order valence-corrected chi connectivity index (χ0v) is 7.43. The van der Waals surface area contributed by atoms with E-state index in [0.717, 1.165) is 12.5 Å². The minimum atomic E-state index is -0.833. The number of hydrogen-bond donors (Lipinski definition) is 2. The molecule has 0 heterocycles. The molecule has 0 aliphatic carbocycles. The summed E-state index contributed by atoms with van der Waals surface area (Å²) in [5, 5.41) is 15.8. The molecule has 2 N–H and O–H groups in total. The Labute approximate surface area is 71.3 Å². The quantitative estimate of drug-likeness (QED) is 0.497. The van der Waals surface area contributed by atoms with E-state index in [1.54, 1.807) is 6.08 Å². The fourth-order valence-corrected chi connectivity index (χ4v) is 0.460. The van der Waals surface area contributed by atoms with E-state index >= 15 is 0 Å². The Morgan fingerprint density at radius 2 is 1.91 bits per heavy atom. The van der Waals surface area contributed by atoms with Gasteiger partial charge in [0.2, 0.25) is 0 Å². The summed E-state index contributed by atoms with van der Waals surface area (Å²) in [6.45, 7) is 3.04. The summed E-state index contributed by atoms with van der Waals surface area (Å²) in [5.74, 6) is -0.341. The Morgan fingerprint density at radius 1 is 1.55 bits per heavy atom. The smallest absolute Gasteiger partial charge is 0.300 e. The molecule has 66 valence electrons. The monoisotopic (exact) mass is 180 g/mol. The van der Waals surface area contributed by atoms with E-state index < -0.39 is 5.97 Å². The van der Waals surface area contributed by atoms with Crippen molar-refractivity contribution in [2.45, 2.75) is 13.8 Å². The molecule has 3 nitrogen and oxygen atoms in total. The third-order valence-electron chi connectivity index (χ3n) is 0.675. The van der Waals surface area contributed by atoms with Gasteiger partial charge in [0.05, 0.1) is 6.61 Å². The molecular weight excluding hydrogens is 168 g/mol. The highest BCUT2D eigenvalue weighted by Crippen LogP contribution is 1.89. The van der Waals surface area contributed by atoms with Gasteiger partial charge in [0.15, 0.2) is 0 Å². The van der Waals surface area contributed by atoms with Crippen molar-refractivity contribution in [1.82, 2.24) is 0 Å². The molecule has 11 heavy (non-hydrogen) atoms. The van der Waals surface area contributed by atoms with Crippen LogP contribution in [0, 0.1) is 0 Å². The van der Waals surface area contributed by atoms with Crippen molar-refractivity contribution < 1.29 is 15.0 Å². The molecule has 0 fully saturated rings. The van der Waals surface area contributed by atoms with E-state index in [2.05, 4.69) is 0 Å². The van der Waals surface area contributed by atoms with E-state index in [4.69, 9.17) is 26.6 Å². The maximum atomic E-state index is 9.00. The predicted octanol–water partition coefficient (Wildman–Crippen LogP) is 1.25. The van der Waals surface area contributed by atoms with Gasteiger partial charge in [-0.15, -0.1) is 11.6 Å². The fourth-order valence-electron chi connectivity index (χ4n) is 0.196. The van der Waals surface area contributed by atoms with Gasteiger partial charge in [-0.2, -0.15) is 0 Å². The van der Waals surface area contributed by atoms with Gasteiger partial charge < -0.3 is 10.2 Å². The highest BCUT2D eigenvalue weighted by molar-refractivity contribution is 6.18. The highest BCUT2D eigenvalue weighted by atomic mass is 35.5. The number of alkyl halides is 1. The van der Waals surface area contributed by atoms with E-state index in [1.807, 2.05) is 6.92 Å². The molecule has 0 aliphatic heterocycles. The number of carboxylic acid groups (broad SMARTS) is 1. The highest BCUT2D eigenvalue weighted by Gasteiger charge is 1.78. The minimum absolute atomic E-state index is 0.118. The molecule has 0 aliphatic rings. The summed E-state index contributed by atoms with van der Waals surface area (Å²) in [5.41, 5.74) is 0.926. The van der Waals surface area contributed by atoms with Crippen molar-refractivity contribution in [3.05, 3.63) is 11.6 Å². The van der Waals surface area contributed by atoms with Crippen LogP contribution >= 0.6 is 11.6 Å². The fraction of sp³-hybridized carbons (Fsp3) is 0.571. The summed E-state index contributed by atoms with van der Waals surface area (Å²) in [6, 6.07) is 0. The predicted molar refractivity (Wildman–Crippen MR) is 44.9 cm³/mol. The summed E-state index contributed by atoms with van der Waals surface area (Å²) in [6.07, 6.45) is 1.78. The van der Waals surface area contributed by atoms with E-state index in [-0.39, 0.29) is 6.61 Å². The number of aliphatic carboxylic acids is 1. The first kappa shape index (κ1) is 13.1. The molecule has 0 aromatic heterocycles. The molecule has 0 unspecified atom stereocenters. The number of halogens is 1. The second-order valence-electron chi connectivity index (χ2n) is 1.88. The Bertz CT molecular complexity index is 128. The van der Waals surface area contributed by atoms with Crippen molar-refractivity contribution in [3.8, 4) is 0 Å². The first-order valence-corrected chi connectivity index (χ1v) is 3.60. The molecule has 0 amide bonds. The van der Waals surface area contributed by atoms with Crippen LogP contribution in [0.15, 0.2) is 11.6 Å². The van der Waals surface area contributed by atoms with Crippen molar-refractivity contribution >= 4 is 17.6 Å². The second-order valence-corrected chi connectivity index (χ2v) is 2.19. The van der Waals surface area contributed by atoms with Gasteiger partial charge in [0.25, 0.3) is 5.97 Å². The molecule has 0 radical (unpaired) electrons. The summed E-state index contributed by atoms with van der Waals surface area (Å²) in [7, 11) is 0. The minimum Gasteiger partial charge on any atom is -0.481 e. The van der Waals surface area contributed by atoms with Crippen LogP contribution in [-0.4, -0.2) is 28.7 Å². The first-order chi connectivity index (χ1) is 5.04. The number of carbonyl (C=O) groups is 1. The van der Waals surface area contributed by atoms with Crippen molar-refractivity contribution in [3.63, 3.8) is 0 Å². The lowest BCUT2D eigenvalue weighted by Crippen LogP contribution is -1.82. The molecule has 0 aromatic carbocycles. The van der Waals surface area contributed by atoms with Gasteiger partial charge in [-0.1, -0.05) is 11.6 Å². The Kier molecular flexibility index (Phi) is 11.2. The number of rotatable bonds is 2. The van der Waals surface area contributed by atoms with Gasteiger partial charge in [0, 0.05) is 12.8 Å². The van der Waals surface area contributed by atoms with Gasteiger partial charge in [0.1, 0.15) is 0 Å². The average molecular weight is 181 g/mol. The van der Waals surface area contributed by atoms with E-state index in [9.17, 15) is 0 Å². The number of hydrogen-bond acceptors (Lipinski definition) is 2. The van der Waals surface area contributed by atoms with Crippen molar-refractivity contribution in [2.75, 3.05) is 12.5 Å². The Hall–Kier alpha value is -0.540. The van der Waals surface area contributed by atoms with E-state index in [1.165, 1.54) is 0 Å². The summed E-state index contributed by atoms with van der Waals surface area (Å²) >= 11 is 5.29. The second kappa shape index (κ2) is 9.46. The first-order valence-electron chi connectivity index (χ1n) is 3.06. The molecular formula is C7H13ClO3. The zero-order valence-electron chi connectivity index (χ0n) is 6.67. The standard InChI is InChI=1S/C5H9ClO.C2H4O2/c1-5(4-7)2-3-6;1-2(3)4/h2,7H,3-4H2,1H3;1H3,(H,3,4). The maximum Gasteiger partial charge on any atom is 0.300 e. The SMILES string of the molecule is CC(=CCCl)CO.CC(=O)O. The van der Waals surface area contributed by atoms with Crippen LogP contribution in [0.2, 0.25) is 0 Å². The zero-order chi connectivity index (χ0) is 9.28. The molecule has 0 saturated heterocycles. The Balaban J connectivity index is 0. The van der Waals surface area contributed by atoms with Crippen LogP contribution in [0.5, 0.6) is 0 Å². The molecule has 4 heteroatoms. The third kappa shape index (κ3) is 26.5. The van der Waals surface area contributed by atoms with Gasteiger partial charge in [-0.3, -0.25) is 4.79 Å². The Morgan fingerprint density at radius 3 is 2.00 bits per heavy atom. The lowest BCUT2D eigenvalue weighted by Gasteiger charge is -1.87. The van der Waals surface area contributed by atoms with Crippen LogP contribution < -0.4 is 0 Å². The molecule has 0 saturated carbocycles. The number of carboxylic acids is 1. The van der Waals surface area contributed by atoms with Crippen molar-refractivity contribution in [1.29, 1.82) is 0 Å². The van der Waals surface area contributed by atoms with Gasteiger partial charge in [-0.25, -0.2) is 0 Å². The average Bonchev–Trinajstić information content (AvgIpc) is 1.87. The molecule has 0 spiro atoms. The molecule has 0 atom stereocenters. The van der Waals surface area contributed by atoms with E-state index in [0.29, 0.717) is 5.88 Å². The summed E-state index contributed by atoms with van der Waals surface area (Å²) < 4.78 is 0. The van der Waals surface area contributed by atoms with Gasteiger partial charge in [-0.05, 0) is 6.92 Å². The lowest BCUT2D eigenvalue weighted by atomic mass is 10.3. The maximum absolute atomic E-state index is 9.00. The van der Waals surface area contributed by atoms with Crippen molar-refractivity contribution in [2.24, 2.45) is 0 Å². The van der Waals surface area contributed by atoms with Gasteiger partial charge >= 0.3 is 0 Å². The normalized spacial score (nSPS) is 10.0. The lowest BCUT2D eigenvalue weighted by molar-refractivity contribution is -0.134. The van der Waals surface area contributed by atoms with Crippen LogP contribution in [0.4, 0.5) is 0 Å². The van der Waals surface area contributed by atoms with Crippen LogP contribution in [-0.2, 0) is 4.79 Å². The largest absolute Gasteiger partial charge is 0.481 e. The molecule has 0 rings (SSSR count). The van der Waals surface area contributed by atoms with Crippen LogP contribution in [0.3, 0.4) is 0 Å². The third-order valence-corrected chi connectivity index (χ3v) is 0.829.